The fourth-order valence-corrected chi connectivity index (χ4v) is 2.75. The molecule has 0 heterocycles. The van der Waals surface area contributed by atoms with Crippen LogP contribution in [0.5, 0.6) is 0 Å². The lowest BCUT2D eigenvalue weighted by atomic mass is 10.2. The van der Waals surface area contributed by atoms with Crippen LogP contribution in [0.1, 0.15) is 36.0 Å². The van der Waals surface area contributed by atoms with E-state index in [9.17, 15) is 13.2 Å². The Balaban J connectivity index is 2.07. The molecule has 0 bridgehead atoms. The molecular formula is C12H13ClO4S. The van der Waals surface area contributed by atoms with E-state index in [1.54, 1.807) is 0 Å². The van der Waals surface area contributed by atoms with E-state index in [-0.39, 0.29) is 11.0 Å². The Labute approximate surface area is 110 Å². The van der Waals surface area contributed by atoms with Gasteiger partial charge in [0.2, 0.25) is 0 Å². The van der Waals surface area contributed by atoms with Gasteiger partial charge in [0.15, 0.2) is 0 Å². The second-order valence-corrected chi connectivity index (χ2v) is 6.84. The Hall–Kier alpha value is -1.07. The number of hydrogen-bond donors (Lipinski definition) is 0. The average molecular weight is 289 g/mol. The lowest BCUT2D eigenvalue weighted by Gasteiger charge is -2.11. The molecule has 2 rings (SSSR count). The molecule has 0 saturated heterocycles. The number of carbonyl (C=O) groups is 1. The number of ether oxygens (including phenoxy) is 1. The summed E-state index contributed by atoms with van der Waals surface area (Å²) in [6.07, 6.45) is 3.97. The third-order valence-electron chi connectivity index (χ3n) is 2.95. The maximum Gasteiger partial charge on any atom is 0.338 e. The Morgan fingerprint density at radius 2 is 1.72 bits per heavy atom. The second kappa shape index (κ2) is 5.28. The number of esters is 1. The molecular weight excluding hydrogens is 276 g/mol. The minimum absolute atomic E-state index is 0.00561. The van der Waals surface area contributed by atoms with Crippen molar-refractivity contribution in [2.24, 2.45) is 0 Å². The van der Waals surface area contributed by atoms with Crippen molar-refractivity contribution in [3.8, 4) is 0 Å². The molecule has 0 amide bonds. The van der Waals surface area contributed by atoms with E-state index in [0.29, 0.717) is 5.56 Å². The van der Waals surface area contributed by atoms with Crippen LogP contribution in [0.4, 0.5) is 0 Å². The Bertz CT molecular complexity index is 530. The van der Waals surface area contributed by atoms with Crippen molar-refractivity contribution in [1.29, 1.82) is 0 Å². The Morgan fingerprint density at radius 3 is 2.22 bits per heavy atom. The summed E-state index contributed by atoms with van der Waals surface area (Å²) in [5.74, 6) is -0.416. The molecule has 0 aromatic heterocycles. The topological polar surface area (TPSA) is 60.4 Å². The molecule has 0 unspecified atom stereocenters. The van der Waals surface area contributed by atoms with Crippen LogP contribution in [-0.2, 0) is 13.8 Å². The molecule has 98 valence electrons. The molecule has 1 aromatic carbocycles. The summed E-state index contributed by atoms with van der Waals surface area (Å²) in [7, 11) is 1.44. The predicted molar refractivity (Wildman–Crippen MR) is 67.2 cm³/mol. The van der Waals surface area contributed by atoms with Crippen molar-refractivity contribution < 1.29 is 17.9 Å². The zero-order valence-corrected chi connectivity index (χ0v) is 11.2. The van der Waals surface area contributed by atoms with Gasteiger partial charge in [-0.2, -0.15) is 0 Å². The molecule has 0 radical (unpaired) electrons. The van der Waals surface area contributed by atoms with Crippen molar-refractivity contribution in [1.82, 2.24) is 0 Å². The minimum atomic E-state index is -3.75. The molecule has 1 saturated carbocycles. The van der Waals surface area contributed by atoms with E-state index in [1.165, 1.54) is 24.3 Å². The summed E-state index contributed by atoms with van der Waals surface area (Å²) in [5, 5.41) is 0. The van der Waals surface area contributed by atoms with Crippen molar-refractivity contribution in [2.75, 3.05) is 0 Å². The van der Waals surface area contributed by atoms with Gasteiger partial charge in [0, 0.05) is 10.7 Å². The van der Waals surface area contributed by atoms with Crippen LogP contribution in [0.3, 0.4) is 0 Å². The van der Waals surface area contributed by atoms with E-state index in [4.69, 9.17) is 15.4 Å². The van der Waals surface area contributed by atoms with E-state index in [0.717, 1.165) is 25.7 Å². The van der Waals surface area contributed by atoms with Crippen molar-refractivity contribution in [3.05, 3.63) is 29.8 Å². The lowest BCUT2D eigenvalue weighted by molar-refractivity contribution is 0.0318. The smallest absolute Gasteiger partial charge is 0.338 e. The van der Waals surface area contributed by atoms with Crippen LogP contribution < -0.4 is 0 Å². The van der Waals surface area contributed by atoms with Gasteiger partial charge in [-0.15, -0.1) is 0 Å². The summed E-state index contributed by atoms with van der Waals surface area (Å²) < 4.78 is 27.4. The van der Waals surface area contributed by atoms with E-state index in [1.807, 2.05) is 0 Å². The molecule has 6 heteroatoms. The number of hydrogen-bond acceptors (Lipinski definition) is 4. The van der Waals surface area contributed by atoms with Gasteiger partial charge in [-0.25, -0.2) is 13.2 Å². The number of benzene rings is 1. The number of halogens is 1. The predicted octanol–water partition coefficient (Wildman–Crippen LogP) is 2.71. The molecule has 0 N–H and O–H groups in total. The van der Waals surface area contributed by atoms with Crippen molar-refractivity contribution in [3.63, 3.8) is 0 Å². The fourth-order valence-electron chi connectivity index (χ4n) is 1.98. The van der Waals surface area contributed by atoms with Gasteiger partial charge < -0.3 is 4.74 Å². The van der Waals surface area contributed by atoms with Crippen LogP contribution in [0.25, 0.3) is 0 Å². The summed E-state index contributed by atoms with van der Waals surface area (Å²) >= 11 is 0. The molecule has 0 aliphatic heterocycles. The first-order valence-electron chi connectivity index (χ1n) is 5.72. The zero-order valence-electron chi connectivity index (χ0n) is 9.63. The maximum atomic E-state index is 11.8. The third-order valence-corrected chi connectivity index (χ3v) is 4.32. The van der Waals surface area contributed by atoms with Crippen LogP contribution >= 0.6 is 10.7 Å². The van der Waals surface area contributed by atoms with Gasteiger partial charge in [-0.05, 0) is 49.9 Å². The molecule has 1 aliphatic rings. The summed E-state index contributed by atoms with van der Waals surface area (Å²) in [6.45, 7) is 0. The maximum absolute atomic E-state index is 11.8. The van der Waals surface area contributed by atoms with Crippen LogP contribution in [0.2, 0.25) is 0 Å². The standard InChI is InChI=1S/C12H13ClO4S/c13-18(15,16)11-7-5-9(6-8-11)12(14)17-10-3-1-2-4-10/h5-8,10H,1-4H2. The van der Waals surface area contributed by atoms with Gasteiger partial charge in [0.25, 0.3) is 9.05 Å². The number of carbonyl (C=O) groups excluding carboxylic acids is 1. The largest absolute Gasteiger partial charge is 0.459 e. The average Bonchev–Trinajstić information content (AvgIpc) is 2.81. The van der Waals surface area contributed by atoms with E-state index >= 15 is 0 Å². The van der Waals surface area contributed by atoms with Gasteiger partial charge in [0.05, 0.1) is 10.5 Å². The van der Waals surface area contributed by atoms with E-state index < -0.39 is 15.0 Å². The zero-order chi connectivity index (χ0) is 13.2. The van der Waals surface area contributed by atoms with Crippen LogP contribution in [0.15, 0.2) is 29.2 Å². The van der Waals surface area contributed by atoms with Gasteiger partial charge >= 0.3 is 5.97 Å². The molecule has 1 aliphatic carbocycles. The Kier molecular flexibility index (Phi) is 3.92. The second-order valence-electron chi connectivity index (χ2n) is 4.27. The molecule has 4 nitrogen and oxygen atoms in total. The highest BCUT2D eigenvalue weighted by Crippen LogP contribution is 2.22. The normalized spacial score (nSPS) is 16.7. The van der Waals surface area contributed by atoms with Gasteiger partial charge in [-0.1, -0.05) is 0 Å². The molecule has 1 aromatic rings. The van der Waals surface area contributed by atoms with Gasteiger partial charge in [-0.3, -0.25) is 0 Å². The first-order chi connectivity index (χ1) is 8.47. The summed E-state index contributed by atoms with van der Waals surface area (Å²) in [5.41, 5.74) is 0.339. The van der Waals surface area contributed by atoms with Gasteiger partial charge in [0.1, 0.15) is 6.10 Å². The summed E-state index contributed by atoms with van der Waals surface area (Å²) in [6, 6.07) is 5.42. The Morgan fingerprint density at radius 1 is 1.17 bits per heavy atom. The minimum Gasteiger partial charge on any atom is -0.459 e. The van der Waals surface area contributed by atoms with Crippen LogP contribution in [-0.4, -0.2) is 20.5 Å². The van der Waals surface area contributed by atoms with E-state index in [2.05, 4.69) is 0 Å². The molecule has 18 heavy (non-hydrogen) atoms. The SMILES string of the molecule is O=C(OC1CCCC1)c1ccc(S(=O)(=O)Cl)cc1. The highest BCUT2D eigenvalue weighted by Gasteiger charge is 2.20. The molecule has 1 fully saturated rings. The lowest BCUT2D eigenvalue weighted by Crippen LogP contribution is -2.14. The quantitative estimate of drug-likeness (QED) is 0.634. The number of rotatable bonds is 3. The highest BCUT2D eigenvalue weighted by atomic mass is 35.7. The molecule has 0 spiro atoms. The summed E-state index contributed by atoms with van der Waals surface area (Å²) in [4.78, 5) is 11.7. The monoisotopic (exact) mass is 288 g/mol. The van der Waals surface area contributed by atoms with Crippen molar-refractivity contribution >= 4 is 25.7 Å². The van der Waals surface area contributed by atoms with Crippen LogP contribution in [0, 0.1) is 0 Å². The highest BCUT2D eigenvalue weighted by molar-refractivity contribution is 8.13. The first kappa shape index (κ1) is 13.4. The van der Waals surface area contributed by atoms with Crippen molar-refractivity contribution in [2.45, 2.75) is 36.7 Å². The fraction of sp³-hybridized carbons (Fsp3) is 0.417. The first-order valence-corrected chi connectivity index (χ1v) is 8.03. The molecule has 0 atom stereocenters. The third kappa shape index (κ3) is 3.23.